The number of nitrogens with zero attached hydrogens (tertiary/aromatic N) is 4. The molecule has 1 unspecified atom stereocenters. The molecule has 1 atom stereocenters. The smallest absolute Gasteiger partial charge is 0.417 e. The molecule has 41 heavy (non-hydrogen) atoms. The van der Waals surface area contributed by atoms with Crippen LogP contribution in [0.5, 0.6) is 5.75 Å². The van der Waals surface area contributed by atoms with Crippen molar-refractivity contribution in [1.29, 1.82) is 5.26 Å². The van der Waals surface area contributed by atoms with Crippen molar-refractivity contribution in [3.05, 3.63) is 80.5 Å². The van der Waals surface area contributed by atoms with Gasteiger partial charge < -0.3 is 19.5 Å². The van der Waals surface area contributed by atoms with E-state index in [1.54, 1.807) is 30.0 Å². The van der Waals surface area contributed by atoms with Crippen LogP contribution in [0.4, 0.5) is 13.2 Å². The van der Waals surface area contributed by atoms with E-state index in [2.05, 4.69) is 14.9 Å². The topological polar surface area (TPSA) is 102 Å². The molecule has 0 fully saturated rings. The van der Waals surface area contributed by atoms with E-state index in [9.17, 15) is 28.0 Å². The Kier molecular flexibility index (Phi) is 8.83. The Labute approximate surface area is 236 Å². The number of ether oxygens (including phenoxy) is 1. The summed E-state index contributed by atoms with van der Waals surface area (Å²) in [7, 11) is 1.94. The van der Waals surface area contributed by atoms with Crippen LogP contribution < -0.4 is 10.3 Å². The highest BCUT2D eigenvalue weighted by molar-refractivity contribution is 5.99. The molecule has 0 aliphatic carbocycles. The van der Waals surface area contributed by atoms with Crippen molar-refractivity contribution in [3.8, 4) is 22.9 Å². The molecule has 3 heterocycles. The number of nitrogens with one attached hydrogen (secondary N) is 1. The molecule has 11 heteroatoms. The fourth-order valence-corrected chi connectivity index (χ4v) is 5.04. The lowest BCUT2D eigenvalue weighted by molar-refractivity contribution is -0.137. The fourth-order valence-electron chi connectivity index (χ4n) is 5.04. The van der Waals surface area contributed by atoms with Gasteiger partial charge >= 0.3 is 6.18 Å². The number of H-pyrrole nitrogens is 1. The van der Waals surface area contributed by atoms with Crippen molar-refractivity contribution in [2.75, 3.05) is 33.3 Å². The molecule has 1 aliphatic rings. The van der Waals surface area contributed by atoms with Gasteiger partial charge in [0.2, 0.25) is 5.56 Å². The third-order valence-electron chi connectivity index (χ3n) is 7.45. The van der Waals surface area contributed by atoms with Gasteiger partial charge in [-0.05, 0) is 63.0 Å². The summed E-state index contributed by atoms with van der Waals surface area (Å²) >= 11 is 0. The van der Waals surface area contributed by atoms with Crippen molar-refractivity contribution >= 4 is 5.91 Å². The Morgan fingerprint density at radius 1 is 1.17 bits per heavy atom. The maximum Gasteiger partial charge on any atom is 0.417 e. The largest absolute Gasteiger partial charge is 0.492 e. The monoisotopic (exact) mass is 567 g/mol. The number of hydrogen-bond donors (Lipinski definition) is 1. The van der Waals surface area contributed by atoms with Crippen LogP contribution in [-0.4, -0.2) is 59.0 Å². The third-order valence-corrected chi connectivity index (χ3v) is 7.45. The molecular weight excluding hydrogens is 535 g/mol. The molecule has 216 valence electrons. The first kappa shape index (κ1) is 29.8. The predicted molar refractivity (Wildman–Crippen MR) is 148 cm³/mol. The van der Waals surface area contributed by atoms with E-state index in [4.69, 9.17) is 4.74 Å². The second-order valence-electron chi connectivity index (χ2n) is 10.0. The molecular formula is C30H32F3N5O3. The van der Waals surface area contributed by atoms with Crippen molar-refractivity contribution in [2.45, 2.75) is 45.8 Å². The van der Waals surface area contributed by atoms with Gasteiger partial charge in [0.05, 0.1) is 23.9 Å². The zero-order valence-corrected chi connectivity index (χ0v) is 23.4. The second kappa shape index (κ2) is 12.1. The number of pyridine rings is 2. The van der Waals surface area contributed by atoms with E-state index in [0.29, 0.717) is 54.6 Å². The summed E-state index contributed by atoms with van der Waals surface area (Å²) in [6.07, 6.45) is -1.44. The molecule has 4 rings (SSSR count). The Hall–Kier alpha value is -4.17. The van der Waals surface area contributed by atoms with Crippen LogP contribution in [-0.2, 0) is 19.0 Å². The number of rotatable bonds is 9. The number of halogens is 3. The highest BCUT2D eigenvalue weighted by Gasteiger charge is 2.37. The lowest BCUT2D eigenvalue weighted by Crippen LogP contribution is -2.40. The maximum atomic E-state index is 14.0. The summed E-state index contributed by atoms with van der Waals surface area (Å²) < 4.78 is 47.7. The number of aromatic amines is 1. The standard InChI is InChI=1S/C30H32F3N5O3/c1-5-37(4)9-7-19-11-22(24-17-36-28(39)13-25(24)30(31,32)33)21-8-10-38(29(40)23(21)12-19)18(3)26-14-27(41-6-2)20(15-34)16-35-26/h11-14,16-18H,5-10H2,1-4H3,(H,36,39). The number of alkyl halides is 3. The summed E-state index contributed by atoms with van der Waals surface area (Å²) in [5.74, 6) is 0.0480. The number of aromatic nitrogens is 2. The van der Waals surface area contributed by atoms with Crippen LogP contribution in [0.25, 0.3) is 11.1 Å². The zero-order chi connectivity index (χ0) is 29.9. The molecule has 1 N–H and O–H groups in total. The second-order valence-corrected chi connectivity index (χ2v) is 10.0. The maximum absolute atomic E-state index is 14.0. The van der Waals surface area contributed by atoms with Gasteiger partial charge in [0, 0.05) is 48.7 Å². The molecule has 0 spiro atoms. The Bertz CT molecular complexity index is 1540. The highest BCUT2D eigenvalue weighted by atomic mass is 19.4. The number of hydrogen-bond acceptors (Lipinski definition) is 6. The van der Waals surface area contributed by atoms with Crippen LogP contribution in [0.15, 0.2) is 41.5 Å². The minimum Gasteiger partial charge on any atom is -0.492 e. The van der Waals surface area contributed by atoms with Crippen LogP contribution >= 0.6 is 0 Å². The van der Waals surface area contributed by atoms with Crippen molar-refractivity contribution in [2.24, 2.45) is 0 Å². The molecule has 0 saturated heterocycles. The number of likely N-dealkylation sites (N-methyl/N-ethyl adjacent to an activating group) is 1. The summed E-state index contributed by atoms with van der Waals surface area (Å²) in [4.78, 5) is 36.3. The molecule has 1 aliphatic heterocycles. The van der Waals surface area contributed by atoms with Gasteiger partial charge in [0.25, 0.3) is 5.91 Å². The van der Waals surface area contributed by atoms with Crippen LogP contribution in [0.3, 0.4) is 0 Å². The molecule has 2 aromatic heterocycles. The van der Waals surface area contributed by atoms with Gasteiger partial charge in [-0.15, -0.1) is 0 Å². The minimum atomic E-state index is -4.76. The van der Waals surface area contributed by atoms with E-state index in [0.717, 1.165) is 18.3 Å². The molecule has 1 aromatic carbocycles. The lowest BCUT2D eigenvalue weighted by atomic mass is 9.86. The van der Waals surface area contributed by atoms with Crippen molar-refractivity contribution in [3.63, 3.8) is 0 Å². The van der Waals surface area contributed by atoms with Gasteiger partial charge in [-0.2, -0.15) is 18.4 Å². The quantitative estimate of drug-likeness (QED) is 0.391. The lowest BCUT2D eigenvalue weighted by Gasteiger charge is -2.35. The van der Waals surface area contributed by atoms with Crippen LogP contribution in [0.1, 0.15) is 65.1 Å². The van der Waals surface area contributed by atoms with E-state index < -0.39 is 23.3 Å². The first-order valence-electron chi connectivity index (χ1n) is 13.5. The summed E-state index contributed by atoms with van der Waals surface area (Å²) in [6.45, 7) is 7.66. The van der Waals surface area contributed by atoms with E-state index in [1.165, 1.54) is 6.20 Å². The van der Waals surface area contributed by atoms with E-state index in [-0.39, 0.29) is 29.1 Å². The first-order chi connectivity index (χ1) is 19.5. The van der Waals surface area contributed by atoms with Gasteiger partial charge in [-0.3, -0.25) is 14.6 Å². The number of carbonyl (C=O) groups excluding carboxylic acids is 1. The van der Waals surface area contributed by atoms with Crippen LogP contribution in [0.2, 0.25) is 0 Å². The number of benzene rings is 1. The number of amides is 1. The minimum absolute atomic E-state index is 0.163. The molecule has 1 amide bonds. The average Bonchev–Trinajstić information content (AvgIpc) is 2.95. The number of carbonyl (C=O) groups is 1. The Morgan fingerprint density at radius 2 is 1.90 bits per heavy atom. The fraction of sp³-hybridized carbons (Fsp3) is 0.400. The Balaban J connectivity index is 1.81. The predicted octanol–water partition coefficient (Wildman–Crippen LogP) is 4.98. The zero-order valence-electron chi connectivity index (χ0n) is 23.4. The number of nitriles is 1. The normalized spacial score (nSPS) is 14.1. The Morgan fingerprint density at radius 3 is 2.56 bits per heavy atom. The first-order valence-corrected chi connectivity index (χ1v) is 13.5. The summed E-state index contributed by atoms with van der Waals surface area (Å²) in [6, 6.07) is 7.23. The van der Waals surface area contributed by atoms with E-state index in [1.807, 2.05) is 27.0 Å². The molecule has 0 radical (unpaired) electrons. The number of fused-ring (bicyclic) bond motifs is 1. The van der Waals surface area contributed by atoms with Crippen LogP contribution in [0, 0.1) is 11.3 Å². The van der Waals surface area contributed by atoms with Gasteiger partial charge in [0.15, 0.2) is 0 Å². The molecule has 8 nitrogen and oxygen atoms in total. The highest BCUT2D eigenvalue weighted by Crippen LogP contribution is 2.40. The SMILES string of the molecule is CCOc1cc(C(C)N2CCc3c(cc(CCN(C)CC)cc3-c3c[nH]c(=O)cc3C(F)(F)F)C2=O)ncc1C#N. The molecule has 0 saturated carbocycles. The average molecular weight is 568 g/mol. The van der Waals surface area contributed by atoms with Crippen molar-refractivity contribution in [1.82, 2.24) is 19.8 Å². The van der Waals surface area contributed by atoms with Crippen molar-refractivity contribution < 1.29 is 22.7 Å². The summed E-state index contributed by atoms with van der Waals surface area (Å²) in [5, 5.41) is 9.37. The van der Waals surface area contributed by atoms with E-state index >= 15 is 0 Å². The van der Waals surface area contributed by atoms with Gasteiger partial charge in [-0.1, -0.05) is 13.0 Å². The summed E-state index contributed by atoms with van der Waals surface area (Å²) in [5.41, 5.74) is 0.596. The third kappa shape index (κ3) is 6.28. The molecule has 3 aromatic rings. The van der Waals surface area contributed by atoms with Gasteiger partial charge in [0.1, 0.15) is 17.4 Å². The molecule has 0 bridgehead atoms. The van der Waals surface area contributed by atoms with Gasteiger partial charge in [-0.25, -0.2) is 0 Å².